The monoisotopic (exact) mass is 432 g/mol. The van der Waals surface area contributed by atoms with Crippen molar-refractivity contribution in [2.24, 2.45) is 5.92 Å². The Labute approximate surface area is 188 Å². The Morgan fingerprint density at radius 1 is 1.19 bits per heavy atom. The Balaban J connectivity index is 1.46. The van der Waals surface area contributed by atoms with Crippen LogP contribution in [-0.2, 0) is 0 Å². The van der Waals surface area contributed by atoms with Crippen molar-refractivity contribution in [1.82, 2.24) is 24.4 Å². The number of rotatable bonds is 7. The molecule has 166 valence electrons. The van der Waals surface area contributed by atoms with Crippen LogP contribution in [-0.4, -0.2) is 65.3 Å². The third-order valence-corrected chi connectivity index (χ3v) is 5.86. The number of ether oxygens (including phenoxy) is 1. The lowest BCUT2D eigenvalue weighted by Gasteiger charge is -2.32. The van der Waals surface area contributed by atoms with Gasteiger partial charge in [0.15, 0.2) is 5.69 Å². The first kappa shape index (κ1) is 21.6. The lowest BCUT2D eigenvalue weighted by molar-refractivity contribution is 0.222. The Hall–Kier alpha value is -3.64. The van der Waals surface area contributed by atoms with E-state index in [2.05, 4.69) is 56.3 Å². The molecule has 1 aromatic carbocycles. The first-order valence-corrected chi connectivity index (χ1v) is 10.7. The van der Waals surface area contributed by atoms with Gasteiger partial charge < -0.3 is 24.4 Å². The van der Waals surface area contributed by atoms with E-state index in [9.17, 15) is 0 Å². The highest BCUT2D eigenvalue weighted by atomic mass is 16.5. The molecule has 4 rings (SSSR count). The van der Waals surface area contributed by atoms with Crippen LogP contribution in [0.15, 0.2) is 43.1 Å². The summed E-state index contributed by atoms with van der Waals surface area (Å²) in [6.07, 6.45) is 8.99. The molecule has 9 heteroatoms. The third kappa shape index (κ3) is 4.98. The summed E-state index contributed by atoms with van der Waals surface area (Å²) in [5.41, 5.74) is 2.30. The van der Waals surface area contributed by atoms with Crippen molar-refractivity contribution in [1.29, 1.82) is 5.26 Å². The SMILES string of the molecule is COc1cc(N(C)CC2CCN(C)CC2)ccc1-n1cnc(Nc2cnc(C#N)cn2)c1. The molecule has 3 heterocycles. The van der Waals surface area contributed by atoms with Crippen LogP contribution in [0.4, 0.5) is 17.3 Å². The van der Waals surface area contributed by atoms with Gasteiger partial charge in [-0.15, -0.1) is 0 Å². The summed E-state index contributed by atoms with van der Waals surface area (Å²) in [4.78, 5) is 17.3. The summed E-state index contributed by atoms with van der Waals surface area (Å²) < 4.78 is 7.59. The molecule has 3 aromatic rings. The van der Waals surface area contributed by atoms with Gasteiger partial charge in [-0.1, -0.05) is 0 Å². The van der Waals surface area contributed by atoms with Crippen molar-refractivity contribution in [3.05, 3.63) is 48.8 Å². The van der Waals surface area contributed by atoms with Crippen molar-refractivity contribution >= 4 is 17.3 Å². The summed E-state index contributed by atoms with van der Waals surface area (Å²) in [7, 11) is 6.02. The molecular formula is C23H28N8O. The Morgan fingerprint density at radius 2 is 2.00 bits per heavy atom. The molecule has 1 aliphatic rings. The lowest BCUT2D eigenvalue weighted by Crippen LogP contribution is -2.35. The van der Waals surface area contributed by atoms with Gasteiger partial charge in [0.05, 0.1) is 31.4 Å². The van der Waals surface area contributed by atoms with Crippen molar-refractivity contribution in [3.63, 3.8) is 0 Å². The van der Waals surface area contributed by atoms with Gasteiger partial charge in [0, 0.05) is 25.3 Å². The molecule has 1 aliphatic heterocycles. The van der Waals surface area contributed by atoms with E-state index in [1.807, 2.05) is 22.9 Å². The van der Waals surface area contributed by atoms with Crippen LogP contribution in [0.25, 0.3) is 5.69 Å². The van der Waals surface area contributed by atoms with Gasteiger partial charge in [-0.2, -0.15) is 5.26 Å². The van der Waals surface area contributed by atoms with Gasteiger partial charge in [0.1, 0.15) is 29.8 Å². The van der Waals surface area contributed by atoms with Crippen molar-refractivity contribution < 1.29 is 4.74 Å². The van der Waals surface area contributed by atoms with Gasteiger partial charge in [-0.05, 0) is 51.0 Å². The zero-order chi connectivity index (χ0) is 22.5. The Bertz CT molecular complexity index is 1080. The Kier molecular flexibility index (Phi) is 6.52. The summed E-state index contributed by atoms with van der Waals surface area (Å²) >= 11 is 0. The van der Waals surface area contributed by atoms with Gasteiger partial charge in [-0.3, -0.25) is 0 Å². The van der Waals surface area contributed by atoms with E-state index in [1.54, 1.807) is 13.4 Å². The lowest BCUT2D eigenvalue weighted by atomic mass is 9.96. The number of nitrogens with zero attached hydrogens (tertiary/aromatic N) is 7. The molecule has 1 saturated heterocycles. The topological polar surface area (TPSA) is 95.1 Å². The number of hydrogen-bond donors (Lipinski definition) is 1. The van der Waals surface area contributed by atoms with Gasteiger partial charge in [0.25, 0.3) is 0 Å². The molecule has 0 atom stereocenters. The molecule has 0 radical (unpaired) electrons. The number of nitrogens with one attached hydrogen (secondary N) is 1. The number of anilines is 3. The highest BCUT2D eigenvalue weighted by Gasteiger charge is 2.19. The van der Waals surface area contributed by atoms with E-state index in [0.717, 1.165) is 29.6 Å². The second kappa shape index (κ2) is 9.66. The molecular weight excluding hydrogens is 404 g/mol. The summed E-state index contributed by atoms with van der Waals surface area (Å²) in [6, 6.07) is 8.19. The summed E-state index contributed by atoms with van der Waals surface area (Å²) in [5.74, 6) is 2.64. The fraction of sp³-hybridized carbons (Fsp3) is 0.391. The average Bonchev–Trinajstić information content (AvgIpc) is 3.28. The minimum Gasteiger partial charge on any atom is -0.494 e. The Morgan fingerprint density at radius 3 is 2.69 bits per heavy atom. The average molecular weight is 433 g/mol. The number of nitriles is 1. The second-order valence-electron chi connectivity index (χ2n) is 8.17. The van der Waals surface area contributed by atoms with Gasteiger partial charge in [-0.25, -0.2) is 15.0 Å². The van der Waals surface area contributed by atoms with E-state index < -0.39 is 0 Å². The fourth-order valence-electron chi connectivity index (χ4n) is 3.96. The minimum absolute atomic E-state index is 0.270. The van der Waals surface area contributed by atoms with E-state index >= 15 is 0 Å². The molecule has 2 aromatic heterocycles. The fourth-order valence-corrected chi connectivity index (χ4v) is 3.96. The van der Waals surface area contributed by atoms with Crippen molar-refractivity contribution in [2.75, 3.05) is 51.1 Å². The molecule has 0 bridgehead atoms. The zero-order valence-electron chi connectivity index (χ0n) is 18.7. The van der Waals surface area contributed by atoms with Gasteiger partial charge in [0.2, 0.25) is 0 Å². The molecule has 0 aliphatic carbocycles. The second-order valence-corrected chi connectivity index (χ2v) is 8.17. The molecule has 32 heavy (non-hydrogen) atoms. The van der Waals surface area contributed by atoms with E-state index in [1.165, 1.54) is 38.3 Å². The number of likely N-dealkylation sites (tertiary alicyclic amines) is 1. The number of aromatic nitrogens is 4. The minimum atomic E-state index is 0.270. The van der Waals surface area contributed by atoms with Crippen LogP contribution in [0.5, 0.6) is 5.75 Å². The quantitative estimate of drug-likeness (QED) is 0.609. The number of methoxy groups -OCH3 is 1. The predicted molar refractivity (Wildman–Crippen MR) is 124 cm³/mol. The maximum atomic E-state index is 8.84. The summed E-state index contributed by atoms with van der Waals surface area (Å²) in [6.45, 7) is 3.39. The highest BCUT2D eigenvalue weighted by molar-refractivity contribution is 5.60. The van der Waals surface area contributed by atoms with Crippen molar-refractivity contribution in [3.8, 4) is 17.5 Å². The largest absolute Gasteiger partial charge is 0.494 e. The highest BCUT2D eigenvalue weighted by Crippen LogP contribution is 2.30. The maximum Gasteiger partial charge on any atom is 0.158 e. The number of hydrogen-bond acceptors (Lipinski definition) is 8. The first-order valence-electron chi connectivity index (χ1n) is 10.7. The number of imidazole rings is 1. The number of benzene rings is 1. The maximum absolute atomic E-state index is 8.84. The zero-order valence-corrected chi connectivity index (χ0v) is 18.7. The molecule has 9 nitrogen and oxygen atoms in total. The summed E-state index contributed by atoms with van der Waals surface area (Å²) in [5, 5.41) is 11.9. The third-order valence-electron chi connectivity index (χ3n) is 5.86. The molecule has 0 spiro atoms. The van der Waals surface area contributed by atoms with Crippen LogP contribution in [0.3, 0.4) is 0 Å². The van der Waals surface area contributed by atoms with Crippen LogP contribution < -0.4 is 15.0 Å². The molecule has 1 fully saturated rings. The standard InChI is InChI=1S/C23H28N8O/c1-29-8-6-17(7-9-29)14-30(2)19-4-5-20(21(10-19)32-3)31-15-23(27-16-31)28-22-13-25-18(11-24)12-26-22/h4-5,10,12-13,15-17H,6-9,14H2,1-3H3,(H,26,28). The van der Waals surface area contributed by atoms with Crippen LogP contribution >= 0.6 is 0 Å². The van der Waals surface area contributed by atoms with E-state index in [-0.39, 0.29) is 5.69 Å². The normalized spacial score (nSPS) is 14.7. The number of piperidine rings is 1. The molecule has 0 saturated carbocycles. The molecule has 1 N–H and O–H groups in total. The van der Waals surface area contributed by atoms with Crippen LogP contribution in [0.1, 0.15) is 18.5 Å². The van der Waals surface area contributed by atoms with Crippen LogP contribution in [0.2, 0.25) is 0 Å². The van der Waals surface area contributed by atoms with E-state index in [4.69, 9.17) is 10.00 Å². The molecule has 0 amide bonds. The predicted octanol–water partition coefficient (Wildman–Crippen LogP) is 3.06. The molecule has 0 unspecified atom stereocenters. The van der Waals surface area contributed by atoms with Crippen molar-refractivity contribution in [2.45, 2.75) is 12.8 Å². The first-order chi connectivity index (χ1) is 15.6. The van der Waals surface area contributed by atoms with Crippen LogP contribution in [0, 0.1) is 17.2 Å². The van der Waals surface area contributed by atoms with Gasteiger partial charge >= 0.3 is 0 Å². The van der Waals surface area contributed by atoms with E-state index in [0.29, 0.717) is 11.6 Å². The smallest absolute Gasteiger partial charge is 0.158 e.